The zero-order valence-corrected chi connectivity index (χ0v) is 12.0. The fraction of sp³-hybridized carbons (Fsp3) is 0.154. The molecule has 0 radical (unpaired) electrons. The van der Waals surface area contributed by atoms with Crippen LogP contribution < -0.4 is 0 Å². The summed E-state index contributed by atoms with van der Waals surface area (Å²) in [5, 5.41) is 1.66. The molecule has 0 saturated carbocycles. The highest BCUT2D eigenvalue weighted by Gasteiger charge is 2.20. The number of halogens is 3. The highest BCUT2D eigenvalue weighted by atomic mass is 35.5. The minimum Gasteiger partial charge on any atom is -0.252 e. The normalized spacial score (nSPS) is 13.3. The summed E-state index contributed by atoms with van der Waals surface area (Å²) in [5.74, 6) is 0. The Kier molecular flexibility index (Phi) is 3.44. The molecule has 0 atom stereocenters. The van der Waals surface area contributed by atoms with Crippen LogP contribution >= 0.6 is 34.8 Å². The van der Waals surface area contributed by atoms with Gasteiger partial charge in [0.05, 0.1) is 5.69 Å². The number of benzene rings is 1. The van der Waals surface area contributed by atoms with Crippen molar-refractivity contribution in [1.29, 1.82) is 0 Å². The first-order valence-electron chi connectivity index (χ1n) is 5.64. The molecule has 2 heterocycles. The monoisotopic (exact) mass is 311 g/mol. The van der Waals surface area contributed by atoms with Gasteiger partial charge in [0, 0.05) is 28.6 Å². The van der Waals surface area contributed by atoms with Gasteiger partial charge in [-0.15, -0.1) is 0 Å². The quantitative estimate of drug-likeness (QED) is 0.775. The summed E-state index contributed by atoms with van der Waals surface area (Å²) in [7, 11) is 0. The molecule has 1 aliphatic heterocycles. The summed E-state index contributed by atoms with van der Waals surface area (Å²) < 4.78 is 0. The number of rotatable bonds is 2. The van der Waals surface area contributed by atoms with Crippen LogP contribution in [0.25, 0.3) is 0 Å². The summed E-state index contributed by atoms with van der Waals surface area (Å²) in [6.07, 6.45) is 2.69. The van der Waals surface area contributed by atoms with E-state index in [4.69, 9.17) is 34.8 Å². The molecular formula is C13H8Cl3N3. The van der Waals surface area contributed by atoms with Gasteiger partial charge in [0.15, 0.2) is 5.15 Å². The van der Waals surface area contributed by atoms with Crippen LogP contribution in [0.4, 0.5) is 5.69 Å². The Morgan fingerprint density at radius 2 is 1.79 bits per heavy atom. The molecule has 19 heavy (non-hydrogen) atoms. The summed E-state index contributed by atoms with van der Waals surface area (Å²) in [4.78, 5) is 12.6. The average Bonchev–Trinajstić information content (AvgIpc) is 2.78. The molecule has 0 saturated heterocycles. The van der Waals surface area contributed by atoms with Crippen molar-refractivity contribution < 1.29 is 0 Å². The molecule has 0 amide bonds. The highest BCUT2D eigenvalue weighted by molar-refractivity contribution is 6.36. The molecule has 0 unspecified atom stereocenters. The van der Waals surface area contributed by atoms with Gasteiger partial charge in [-0.1, -0.05) is 40.9 Å². The molecular weight excluding hydrogens is 305 g/mol. The van der Waals surface area contributed by atoms with Crippen molar-refractivity contribution in [1.82, 2.24) is 9.97 Å². The first-order chi connectivity index (χ1) is 9.15. The van der Waals surface area contributed by atoms with Crippen LogP contribution in [0.15, 0.2) is 29.5 Å². The third-order valence-corrected chi connectivity index (χ3v) is 3.92. The summed E-state index contributed by atoms with van der Waals surface area (Å²) in [6, 6.07) is 5.46. The predicted molar refractivity (Wildman–Crippen MR) is 78.0 cm³/mol. The van der Waals surface area contributed by atoms with E-state index in [1.165, 1.54) is 6.33 Å². The highest BCUT2D eigenvalue weighted by Crippen LogP contribution is 2.33. The van der Waals surface area contributed by atoms with Crippen LogP contribution in [0.5, 0.6) is 0 Å². The second kappa shape index (κ2) is 5.08. The van der Waals surface area contributed by atoms with Gasteiger partial charge < -0.3 is 0 Å². The second-order valence-corrected chi connectivity index (χ2v) is 5.36. The molecule has 1 aromatic carbocycles. The molecule has 1 aromatic heterocycles. The molecule has 0 spiro atoms. The van der Waals surface area contributed by atoms with Crippen molar-refractivity contribution in [2.45, 2.75) is 12.8 Å². The van der Waals surface area contributed by atoms with Crippen molar-refractivity contribution in [3.63, 3.8) is 0 Å². The number of hydrogen-bond donors (Lipinski definition) is 0. The van der Waals surface area contributed by atoms with E-state index in [2.05, 4.69) is 15.0 Å². The van der Waals surface area contributed by atoms with Gasteiger partial charge in [-0.3, -0.25) is 4.99 Å². The molecule has 6 heteroatoms. The van der Waals surface area contributed by atoms with Gasteiger partial charge in [-0.2, -0.15) is 0 Å². The van der Waals surface area contributed by atoms with Crippen LogP contribution in [0.3, 0.4) is 0 Å². The summed E-state index contributed by atoms with van der Waals surface area (Å²) in [6.45, 7) is 0. The van der Waals surface area contributed by atoms with Gasteiger partial charge >= 0.3 is 0 Å². The lowest BCUT2D eigenvalue weighted by Crippen LogP contribution is -2.04. The molecule has 3 nitrogen and oxygen atoms in total. The molecule has 3 rings (SSSR count). The van der Waals surface area contributed by atoms with E-state index < -0.39 is 0 Å². The van der Waals surface area contributed by atoms with E-state index in [9.17, 15) is 0 Å². The third kappa shape index (κ3) is 2.46. The Morgan fingerprint density at radius 3 is 2.47 bits per heavy atom. The Labute approximate surface area is 125 Å². The van der Waals surface area contributed by atoms with Gasteiger partial charge in [-0.25, -0.2) is 9.97 Å². The maximum atomic E-state index is 6.16. The molecule has 2 aromatic rings. The Balaban J connectivity index is 1.92. The van der Waals surface area contributed by atoms with E-state index >= 15 is 0 Å². The molecule has 0 aliphatic carbocycles. The topological polar surface area (TPSA) is 38.1 Å². The molecule has 0 bridgehead atoms. The number of hydrogen-bond acceptors (Lipinski definition) is 3. The van der Waals surface area contributed by atoms with Crippen LogP contribution in [-0.2, 0) is 12.8 Å². The van der Waals surface area contributed by atoms with Crippen molar-refractivity contribution >= 4 is 46.2 Å². The van der Waals surface area contributed by atoms with E-state index in [1.54, 1.807) is 0 Å². The van der Waals surface area contributed by atoms with Crippen molar-refractivity contribution in [2.75, 3.05) is 0 Å². The Morgan fingerprint density at radius 1 is 1.05 bits per heavy atom. The number of aromatic nitrogens is 2. The Bertz CT molecular complexity index is 663. The molecule has 96 valence electrons. The second-order valence-electron chi connectivity index (χ2n) is 4.19. The van der Waals surface area contributed by atoms with E-state index in [-0.39, 0.29) is 0 Å². The van der Waals surface area contributed by atoms with Gasteiger partial charge in [-0.05, 0) is 17.7 Å². The first kappa shape index (κ1) is 12.9. The van der Waals surface area contributed by atoms with E-state index in [0.717, 1.165) is 17.0 Å². The smallest absolute Gasteiger partial charge is 0.158 e. The fourth-order valence-electron chi connectivity index (χ4n) is 2.03. The predicted octanol–water partition coefficient (Wildman–Crippen LogP) is 4.31. The third-order valence-electron chi connectivity index (χ3n) is 2.94. The fourth-order valence-corrected chi connectivity index (χ4v) is 2.75. The van der Waals surface area contributed by atoms with Crippen molar-refractivity contribution in [3.05, 3.63) is 51.0 Å². The van der Waals surface area contributed by atoms with Crippen molar-refractivity contribution in [3.8, 4) is 0 Å². The summed E-state index contributed by atoms with van der Waals surface area (Å²) in [5.41, 5.74) is 3.31. The zero-order chi connectivity index (χ0) is 13.4. The first-order valence-corrected chi connectivity index (χ1v) is 6.77. The maximum absolute atomic E-state index is 6.16. The standard InChI is InChI=1S/C13H8Cl3N3/c14-9-2-1-3-10(15)8(9)4-7-5-11-12(19-7)13(16)18-6-17-11/h1-3,6H,4-5H2. The summed E-state index contributed by atoms with van der Waals surface area (Å²) >= 11 is 18.3. The van der Waals surface area contributed by atoms with Crippen LogP contribution in [0, 0.1) is 0 Å². The molecule has 0 fully saturated rings. The lowest BCUT2D eigenvalue weighted by Gasteiger charge is -2.06. The minimum absolute atomic E-state index is 0.380. The molecule has 0 N–H and O–H groups in total. The van der Waals surface area contributed by atoms with Crippen LogP contribution in [0.1, 0.15) is 11.3 Å². The minimum atomic E-state index is 0.380. The maximum Gasteiger partial charge on any atom is 0.158 e. The average molecular weight is 313 g/mol. The van der Waals surface area contributed by atoms with Gasteiger partial charge in [0.2, 0.25) is 0 Å². The van der Waals surface area contributed by atoms with Crippen LogP contribution in [-0.4, -0.2) is 15.7 Å². The van der Waals surface area contributed by atoms with Gasteiger partial charge in [0.1, 0.15) is 12.0 Å². The SMILES string of the molecule is Clc1cccc(Cl)c1CC1=Nc2c(Cl)ncnc2C1. The Hall–Kier alpha value is -1.16. The van der Waals surface area contributed by atoms with Crippen molar-refractivity contribution in [2.24, 2.45) is 4.99 Å². The van der Waals surface area contributed by atoms with E-state index in [1.807, 2.05) is 18.2 Å². The van der Waals surface area contributed by atoms with Crippen LogP contribution in [0.2, 0.25) is 15.2 Å². The largest absolute Gasteiger partial charge is 0.252 e. The number of aliphatic imine (C=N–C) groups is 1. The van der Waals surface area contributed by atoms with Gasteiger partial charge in [0.25, 0.3) is 0 Å². The lowest BCUT2D eigenvalue weighted by atomic mass is 10.1. The lowest BCUT2D eigenvalue weighted by molar-refractivity contribution is 1.08. The number of fused-ring (bicyclic) bond motifs is 1. The number of nitrogens with zero attached hydrogens (tertiary/aromatic N) is 3. The van der Waals surface area contributed by atoms with E-state index in [0.29, 0.717) is 33.7 Å². The molecule has 1 aliphatic rings. The zero-order valence-electron chi connectivity index (χ0n) is 9.70.